The lowest BCUT2D eigenvalue weighted by Gasteiger charge is -2.20. The van der Waals surface area contributed by atoms with Gasteiger partial charge in [0.25, 0.3) is 0 Å². The van der Waals surface area contributed by atoms with Gasteiger partial charge in [0.1, 0.15) is 5.75 Å². The van der Waals surface area contributed by atoms with E-state index < -0.39 is 0 Å². The number of hydrogen-bond acceptors (Lipinski definition) is 2. The number of nitrogens with zero attached hydrogens (tertiary/aromatic N) is 1. The van der Waals surface area contributed by atoms with Crippen molar-refractivity contribution in [1.82, 2.24) is 0 Å². The van der Waals surface area contributed by atoms with Crippen molar-refractivity contribution in [1.29, 1.82) is 0 Å². The Morgan fingerprint density at radius 3 is 2.68 bits per heavy atom. The monoisotopic (exact) mass is 263 g/mol. The van der Waals surface area contributed by atoms with Crippen LogP contribution in [0.1, 0.15) is 45.6 Å². The number of anilines is 1. The molecule has 1 atom stereocenters. The lowest BCUT2D eigenvalue weighted by molar-refractivity contribution is 0.411. The van der Waals surface area contributed by atoms with Gasteiger partial charge in [-0.3, -0.25) is 0 Å². The standard InChI is InChI=1S/C15H23NO.C2H6/c1-4-5-13-8-9-16(11-13)14-7-6-12(2)15(10-14)17-3;1-2/h6-7,10,13H,4-5,8-9,11H2,1-3H3;1-2H3/t13-;/m0./s1. The Balaban J connectivity index is 0.000000861. The molecule has 1 saturated heterocycles. The van der Waals surface area contributed by atoms with Gasteiger partial charge in [0.15, 0.2) is 0 Å². The second-order valence-corrected chi connectivity index (χ2v) is 5.04. The van der Waals surface area contributed by atoms with Crippen molar-refractivity contribution in [2.24, 2.45) is 5.92 Å². The van der Waals surface area contributed by atoms with Crippen LogP contribution in [0.4, 0.5) is 5.69 Å². The summed E-state index contributed by atoms with van der Waals surface area (Å²) in [7, 11) is 1.75. The number of rotatable bonds is 4. The average Bonchev–Trinajstić information content (AvgIpc) is 2.91. The second-order valence-electron chi connectivity index (χ2n) is 5.04. The smallest absolute Gasteiger partial charge is 0.123 e. The minimum Gasteiger partial charge on any atom is -0.496 e. The fraction of sp³-hybridized carbons (Fsp3) is 0.647. The summed E-state index contributed by atoms with van der Waals surface area (Å²) in [5.74, 6) is 1.88. The zero-order valence-corrected chi connectivity index (χ0v) is 13.2. The molecule has 2 rings (SSSR count). The molecule has 1 fully saturated rings. The number of hydrogen-bond donors (Lipinski definition) is 0. The van der Waals surface area contributed by atoms with Crippen molar-refractivity contribution in [3.05, 3.63) is 23.8 Å². The Morgan fingerprint density at radius 2 is 2.05 bits per heavy atom. The highest BCUT2D eigenvalue weighted by Crippen LogP contribution is 2.30. The van der Waals surface area contributed by atoms with Gasteiger partial charge in [-0.25, -0.2) is 0 Å². The van der Waals surface area contributed by atoms with Crippen molar-refractivity contribution < 1.29 is 4.74 Å². The number of methoxy groups -OCH3 is 1. The first-order valence-corrected chi connectivity index (χ1v) is 7.64. The lowest BCUT2D eigenvalue weighted by atomic mass is 10.0. The third kappa shape index (κ3) is 4.15. The van der Waals surface area contributed by atoms with E-state index in [1.54, 1.807) is 7.11 Å². The third-order valence-corrected chi connectivity index (χ3v) is 3.74. The molecular weight excluding hydrogens is 234 g/mol. The molecule has 0 radical (unpaired) electrons. The van der Waals surface area contributed by atoms with Crippen LogP contribution in [-0.2, 0) is 0 Å². The molecule has 2 nitrogen and oxygen atoms in total. The maximum atomic E-state index is 5.39. The van der Waals surface area contributed by atoms with Crippen molar-refractivity contribution >= 4 is 5.69 Å². The molecule has 0 bridgehead atoms. The Morgan fingerprint density at radius 1 is 1.32 bits per heavy atom. The number of benzene rings is 1. The van der Waals surface area contributed by atoms with Crippen LogP contribution in [-0.4, -0.2) is 20.2 Å². The predicted molar refractivity (Wildman–Crippen MR) is 84.3 cm³/mol. The molecule has 1 heterocycles. The van der Waals surface area contributed by atoms with Gasteiger partial charge in [0.2, 0.25) is 0 Å². The summed E-state index contributed by atoms with van der Waals surface area (Å²) >= 11 is 0. The van der Waals surface area contributed by atoms with E-state index in [-0.39, 0.29) is 0 Å². The molecule has 0 amide bonds. The first-order valence-electron chi connectivity index (χ1n) is 7.64. The highest BCUT2D eigenvalue weighted by molar-refractivity contribution is 5.54. The lowest BCUT2D eigenvalue weighted by Crippen LogP contribution is -2.19. The Bertz CT molecular complexity index is 376. The highest BCUT2D eigenvalue weighted by Gasteiger charge is 2.22. The van der Waals surface area contributed by atoms with E-state index >= 15 is 0 Å². The topological polar surface area (TPSA) is 12.5 Å². The molecule has 0 aliphatic carbocycles. The molecule has 2 heteroatoms. The minimum atomic E-state index is 0.882. The minimum absolute atomic E-state index is 0.882. The van der Waals surface area contributed by atoms with E-state index in [0.717, 1.165) is 11.7 Å². The molecule has 0 saturated carbocycles. The quantitative estimate of drug-likeness (QED) is 0.783. The molecule has 1 aliphatic rings. The molecule has 1 aliphatic heterocycles. The van der Waals surface area contributed by atoms with Crippen LogP contribution in [0.2, 0.25) is 0 Å². The largest absolute Gasteiger partial charge is 0.496 e. The Hall–Kier alpha value is -1.18. The Labute approximate surface area is 118 Å². The fourth-order valence-electron chi connectivity index (χ4n) is 2.72. The van der Waals surface area contributed by atoms with Crippen LogP contribution in [0.25, 0.3) is 0 Å². The average molecular weight is 263 g/mol. The summed E-state index contributed by atoms with van der Waals surface area (Å²) in [6.07, 6.45) is 4.00. The normalized spacial score (nSPS) is 17.9. The van der Waals surface area contributed by atoms with Crippen molar-refractivity contribution in [2.45, 2.75) is 47.0 Å². The SMILES string of the molecule is CC.CCC[C@H]1CCN(c2ccc(C)c(OC)c2)C1. The zero-order chi connectivity index (χ0) is 14.3. The number of ether oxygens (including phenoxy) is 1. The third-order valence-electron chi connectivity index (χ3n) is 3.74. The molecule has 0 spiro atoms. The van der Waals surface area contributed by atoms with Crippen LogP contribution in [0.5, 0.6) is 5.75 Å². The zero-order valence-electron chi connectivity index (χ0n) is 13.2. The van der Waals surface area contributed by atoms with Gasteiger partial charge >= 0.3 is 0 Å². The van der Waals surface area contributed by atoms with E-state index in [1.807, 2.05) is 13.8 Å². The summed E-state index contributed by atoms with van der Waals surface area (Å²) in [4.78, 5) is 2.49. The maximum absolute atomic E-state index is 5.39. The van der Waals surface area contributed by atoms with Crippen LogP contribution >= 0.6 is 0 Å². The summed E-state index contributed by atoms with van der Waals surface area (Å²) in [6, 6.07) is 6.54. The van der Waals surface area contributed by atoms with E-state index in [0.29, 0.717) is 0 Å². The molecule has 0 aromatic heterocycles. The molecule has 108 valence electrons. The van der Waals surface area contributed by atoms with Crippen LogP contribution in [0, 0.1) is 12.8 Å². The maximum Gasteiger partial charge on any atom is 0.123 e. The van der Waals surface area contributed by atoms with Gasteiger partial charge in [-0.15, -0.1) is 0 Å². The molecular formula is C17H29NO. The van der Waals surface area contributed by atoms with Crippen molar-refractivity contribution in [2.75, 3.05) is 25.1 Å². The molecule has 0 N–H and O–H groups in total. The molecule has 1 aromatic carbocycles. The van der Waals surface area contributed by atoms with E-state index in [2.05, 4.69) is 36.9 Å². The predicted octanol–water partition coefficient (Wildman–Crippen LogP) is 4.66. The molecule has 0 unspecified atom stereocenters. The highest BCUT2D eigenvalue weighted by atomic mass is 16.5. The first-order chi connectivity index (χ1) is 9.24. The van der Waals surface area contributed by atoms with Crippen LogP contribution in [0.15, 0.2) is 18.2 Å². The summed E-state index contributed by atoms with van der Waals surface area (Å²) in [5, 5.41) is 0. The molecule has 19 heavy (non-hydrogen) atoms. The van der Waals surface area contributed by atoms with Gasteiger partial charge in [-0.1, -0.05) is 33.3 Å². The van der Waals surface area contributed by atoms with Crippen LogP contribution < -0.4 is 9.64 Å². The van der Waals surface area contributed by atoms with Crippen molar-refractivity contribution in [3.8, 4) is 5.75 Å². The van der Waals surface area contributed by atoms with Gasteiger partial charge in [-0.05, 0) is 37.3 Å². The summed E-state index contributed by atoms with van der Waals surface area (Å²) in [5.41, 5.74) is 2.52. The first kappa shape index (κ1) is 15.9. The second kappa shape index (κ2) is 8.08. The van der Waals surface area contributed by atoms with Gasteiger partial charge < -0.3 is 9.64 Å². The summed E-state index contributed by atoms with van der Waals surface area (Å²) in [6.45, 7) is 10.8. The summed E-state index contributed by atoms with van der Waals surface area (Å²) < 4.78 is 5.39. The van der Waals surface area contributed by atoms with E-state index in [1.165, 1.54) is 43.6 Å². The fourth-order valence-corrected chi connectivity index (χ4v) is 2.72. The molecule has 1 aromatic rings. The van der Waals surface area contributed by atoms with Crippen molar-refractivity contribution in [3.63, 3.8) is 0 Å². The van der Waals surface area contributed by atoms with Gasteiger partial charge in [0, 0.05) is 24.8 Å². The van der Waals surface area contributed by atoms with Gasteiger partial charge in [0.05, 0.1) is 7.11 Å². The Kier molecular flexibility index (Phi) is 6.75. The van der Waals surface area contributed by atoms with E-state index in [9.17, 15) is 0 Å². The number of aryl methyl sites for hydroxylation is 1. The van der Waals surface area contributed by atoms with Crippen LogP contribution in [0.3, 0.4) is 0 Å². The van der Waals surface area contributed by atoms with Gasteiger partial charge in [-0.2, -0.15) is 0 Å². The van der Waals surface area contributed by atoms with E-state index in [4.69, 9.17) is 4.74 Å².